The van der Waals surface area contributed by atoms with Crippen molar-refractivity contribution in [3.05, 3.63) is 54.1 Å². The lowest BCUT2D eigenvalue weighted by atomic mass is 10.0. The fourth-order valence-corrected chi connectivity index (χ4v) is 2.24. The second kappa shape index (κ2) is 10.1. The summed E-state index contributed by atoms with van der Waals surface area (Å²) in [7, 11) is 1.53. The number of methoxy groups -OCH3 is 1. The van der Waals surface area contributed by atoms with Crippen LogP contribution in [0.4, 0.5) is 0 Å². The van der Waals surface area contributed by atoms with Crippen LogP contribution < -0.4 is 10.1 Å². The van der Waals surface area contributed by atoms with Gasteiger partial charge in [-0.1, -0.05) is 24.3 Å². The first-order valence-corrected chi connectivity index (χ1v) is 8.31. The summed E-state index contributed by atoms with van der Waals surface area (Å²) in [6, 6.07) is 13.8. The molecule has 2 aromatic carbocycles. The Balaban J connectivity index is 1.91. The predicted molar refractivity (Wildman–Crippen MR) is 98.4 cm³/mol. The molecule has 0 aliphatic rings. The van der Waals surface area contributed by atoms with Gasteiger partial charge in [0.25, 0.3) is 5.91 Å². The summed E-state index contributed by atoms with van der Waals surface area (Å²) in [5.41, 5.74) is 2.14. The van der Waals surface area contributed by atoms with Crippen molar-refractivity contribution in [1.82, 2.24) is 5.32 Å². The lowest BCUT2D eigenvalue weighted by Gasteiger charge is -2.07. The molecular weight excluding hydrogens is 350 g/mol. The molecule has 7 nitrogen and oxygen atoms in total. The Morgan fingerprint density at radius 2 is 1.52 bits per heavy atom. The first-order valence-electron chi connectivity index (χ1n) is 8.31. The molecule has 2 aromatic rings. The average Bonchev–Trinajstić information content (AvgIpc) is 2.66. The smallest absolute Gasteiger partial charge is 0.338 e. The fourth-order valence-electron chi connectivity index (χ4n) is 2.24. The number of esters is 2. The Morgan fingerprint density at radius 3 is 2.07 bits per heavy atom. The molecule has 7 heteroatoms. The maximum Gasteiger partial charge on any atom is 0.338 e. The van der Waals surface area contributed by atoms with Crippen LogP contribution in [-0.4, -0.2) is 44.7 Å². The van der Waals surface area contributed by atoms with Gasteiger partial charge < -0.3 is 19.5 Å². The Hall–Kier alpha value is -3.19. The van der Waals surface area contributed by atoms with E-state index in [2.05, 4.69) is 5.32 Å². The van der Waals surface area contributed by atoms with E-state index in [4.69, 9.17) is 14.2 Å². The largest absolute Gasteiger partial charge is 0.452 e. The predicted octanol–water partition coefficient (Wildman–Crippen LogP) is 2.20. The van der Waals surface area contributed by atoms with Crippen LogP contribution in [0.2, 0.25) is 0 Å². The quantitative estimate of drug-likeness (QED) is 0.435. The molecule has 0 atom stereocenters. The number of carbonyl (C=O) groups excluding carboxylic acids is 3. The number of benzene rings is 2. The number of hydrogen-bond donors (Lipinski definition) is 1. The third kappa shape index (κ3) is 6.56. The number of hydrogen-bond acceptors (Lipinski definition) is 6. The number of ether oxygens (including phenoxy) is 3. The summed E-state index contributed by atoms with van der Waals surface area (Å²) in [6.45, 7) is 1.75. The molecule has 0 aromatic heterocycles. The van der Waals surface area contributed by atoms with Crippen LogP contribution in [0.15, 0.2) is 48.5 Å². The van der Waals surface area contributed by atoms with Gasteiger partial charge in [-0.25, -0.2) is 4.79 Å². The molecule has 0 saturated heterocycles. The molecule has 1 amide bonds. The van der Waals surface area contributed by atoms with E-state index < -0.39 is 5.97 Å². The van der Waals surface area contributed by atoms with Gasteiger partial charge in [-0.3, -0.25) is 9.59 Å². The summed E-state index contributed by atoms with van der Waals surface area (Å²) < 4.78 is 14.8. The molecule has 27 heavy (non-hydrogen) atoms. The zero-order valence-electron chi connectivity index (χ0n) is 15.2. The second-order valence-electron chi connectivity index (χ2n) is 5.61. The Labute approximate surface area is 157 Å². The number of rotatable bonds is 8. The van der Waals surface area contributed by atoms with Gasteiger partial charge in [0.1, 0.15) is 5.75 Å². The van der Waals surface area contributed by atoms with E-state index in [9.17, 15) is 14.4 Å². The van der Waals surface area contributed by atoms with Crippen LogP contribution in [0.5, 0.6) is 5.75 Å². The third-order valence-corrected chi connectivity index (χ3v) is 3.53. The van der Waals surface area contributed by atoms with Crippen LogP contribution in [0.1, 0.15) is 17.3 Å². The van der Waals surface area contributed by atoms with Gasteiger partial charge in [-0.2, -0.15) is 0 Å². The Morgan fingerprint density at radius 1 is 0.926 bits per heavy atom. The first kappa shape index (κ1) is 20.1. The van der Waals surface area contributed by atoms with E-state index in [0.717, 1.165) is 11.1 Å². The molecular formula is C20H21NO6. The van der Waals surface area contributed by atoms with E-state index in [-0.39, 0.29) is 18.5 Å². The Kier molecular flexibility index (Phi) is 7.51. The lowest BCUT2D eigenvalue weighted by molar-refractivity contribution is -0.131. The molecule has 142 valence electrons. The monoisotopic (exact) mass is 371 g/mol. The van der Waals surface area contributed by atoms with Crippen molar-refractivity contribution in [1.29, 1.82) is 0 Å². The van der Waals surface area contributed by atoms with Gasteiger partial charge in [0.15, 0.2) is 6.61 Å². The molecule has 0 heterocycles. The van der Waals surface area contributed by atoms with Gasteiger partial charge in [0.05, 0.1) is 12.2 Å². The van der Waals surface area contributed by atoms with E-state index in [0.29, 0.717) is 24.5 Å². The highest BCUT2D eigenvalue weighted by Crippen LogP contribution is 2.23. The van der Waals surface area contributed by atoms with E-state index in [1.54, 1.807) is 36.4 Å². The van der Waals surface area contributed by atoms with Crippen molar-refractivity contribution < 1.29 is 28.6 Å². The molecule has 0 saturated carbocycles. The summed E-state index contributed by atoms with van der Waals surface area (Å²) in [4.78, 5) is 34.4. The van der Waals surface area contributed by atoms with Gasteiger partial charge >= 0.3 is 11.9 Å². The standard InChI is InChI=1S/C20H21NO6/c1-14(22)27-18-9-7-16(8-10-18)15-3-5-17(6-4-15)20(24)26-13-19(23)21-11-12-25-2/h3-10H,11-13H2,1-2H3,(H,21,23). The molecule has 1 N–H and O–H groups in total. The molecule has 0 aliphatic carbocycles. The molecule has 0 aliphatic heterocycles. The second-order valence-corrected chi connectivity index (χ2v) is 5.61. The maximum absolute atomic E-state index is 12.0. The third-order valence-electron chi connectivity index (χ3n) is 3.53. The molecule has 0 radical (unpaired) electrons. The highest BCUT2D eigenvalue weighted by atomic mass is 16.5. The van der Waals surface area contributed by atoms with E-state index in [1.807, 2.05) is 12.1 Å². The molecule has 0 unspecified atom stereocenters. The Bertz CT molecular complexity index is 783. The molecule has 0 bridgehead atoms. The van der Waals surface area contributed by atoms with Crippen molar-refractivity contribution in [2.24, 2.45) is 0 Å². The minimum absolute atomic E-state index is 0.345. The van der Waals surface area contributed by atoms with E-state index in [1.165, 1.54) is 14.0 Å². The van der Waals surface area contributed by atoms with Crippen molar-refractivity contribution >= 4 is 17.8 Å². The van der Waals surface area contributed by atoms with Gasteiger partial charge in [-0.15, -0.1) is 0 Å². The SMILES string of the molecule is COCCNC(=O)COC(=O)c1ccc(-c2ccc(OC(C)=O)cc2)cc1. The van der Waals surface area contributed by atoms with Gasteiger partial charge in [0.2, 0.25) is 0 Å². The highest BCUT2D eigenvalue weighted by Gasteiger charge is 2.10. The average molecular weight is 371 g/mol. The van der Waals surface area contributed by atoms with Crippen molar-refractivity contribution in [3.8, 4) is 16.9 Å². The summed E-state index contributed by atoms with van der Waals surface area (Å²) in [5.74, 6) is -0.869. The van der Waals surface area contributed by atoms with Gasteiger partial charge in [0, 0.05) is 20.6 Å². The summed E-state index contributed by atoms with van der Waals surface area (Å²) in [6.07, 6.45) is 0. The molecule has 2 rings (SSSR count). The van der Waals surface area contributed by atoms with Crippen LogP contribution in [0.3, 0.4) is 0 Å². The van der Waals surface area contributed by atoms with Crippen LogP contribution in [0, 0.1) is 0 Å². The summed E-state index contributed by atoms with van der Waals surface area (Å²) in [5, 5.41) is 2.56. The number of amides is 1. The van der Waals surface area contributed by atoms with E-state index >= 15 is 0 Å². The van der Waals surface area contributed by atoms with Crippen LogP contribution in [-0.2, 0) is 19.1 Å². The van der Waals surface area contributed by atoms with Crippen molar-refractivity contribution in [2.75, 3.05) is 26.9 Å². The summed E-state index contributed by atoms with van der Waals surface area (Å²) >= 11 is 0. The highest BCUT2D eigenvalue weighted by molar-refractivity contribution is 5.91. The number of nitrogens with one attached hydrogen (secondary N) is 1. The normalized spacial score (nSPS) is 10.1. The van der Waals surface area contributed by atoms with Crippen molar-refractivity contribution in [3.63, 3.8) is 0 Å². The first-order chi connectivity index (χ1) is 13.0. The fraction of sp³-hybridized carbons (Fsp3) is 0.250. The zero-order chi connectivity index (χ0) is 19.6. The minimum Gasteiger partial charge on any atom is -0.452 e. The maximum atomic E-state index is 12.0. The van der Waals surface area contributed by atoms with Crippen LogP contribution >= 0.6 is 0 Å². The molecule has 0 spiro atoms. The lowest BCUT2D eigenvalue weighted by Crippen LogP contribution is -2.31. The zero-order valence-corrected chi connectivity index (χ0v) is 15.2. The van der Waals surface area contributed by atoms with Gasteiger partial charge in [-0.05, 0) is 35.4 Å². The molecule has 0 fully saturated rings. The minimum atomic E-state index is -0.575. The topological polar surface area (TPSA) is 90.9 Å². The van der Waals surface area contributed by atoms with Crippen molar-refractivity contribution in [2.45, 2.75) is 6.92 Å². The van der Waals surface area contributed by atoms with Crippen LogP contribution in [0.25, 0.3) is 11.1 Å². The number of carbonyl (C=O) groups is 3.